The summed E-state index contributed by atoms with van der Waals surface area (Å²) >= 11 is 0. The second-order valence-corrected chi connectivity index (χ2v) is 4.74. The van der Waals surface area contributed by atoms with E-state index in [2.05, 4.69) is 34.9 Å². The van der Waals surface area contributed by atoms with Crippen LogP contribution in [0, 0.1) is 0 Å². The van der Waals surface area contributed by atoms with Gasteiger partial charge in [0.1, 0.15) is 0 Å². The fraction of sp³-hybridized carbons (Fsp3) is 0.538. The number of fused-ring (bicyclic) bond motifs is 1. The number of nitrogens with one attached hydrogen (secondary N) is 2. The van der Waals surface area contributed by atoms with E-state index >= 15 is 0 Å². The molecule has 15 heavy (non-hydrogen) atoms. The van der Waals surface area contributed by atoms with Crippen LogP contribution in [-0.2, 0) is 6.42 Å². The molecular weight excluding hydrogens is 184 g/mol. The molecule has 80 valence electrons. The van der Waals surface area contributed by atoms with Crippen molar-refractivity contribution < 1.29 is 0 Å². The van der Waals surface area contributed by atoms with Gasteiger partial charge in [0.15, 0.2) is 0 Å². The second-order valence-electron chi connectivity index (χ2n) is 4.74. The summed E-state index contributed by atoms with van der Waals surface area (Å²) in [4.78, 5) is 0. The van der Waals surface area contributed by atoms with Gasteiger partial charge in [0.25, 0.3) is 0 Å². The van der Waals surface area contributed by atoms with Gasteiger partial charge >= 0.3 is 0 Å². The Morgan fingerprint density at radius 3 is 2.87 bits per heavy atom. The maximum Gasteiger partial charge on any atom is 0.0427 e. The summed E-state index contributed by atoms with van der Waals surface area (Å²) in [7, 11) is 0. The first kappa shape index (κ1) is 9.22. The lowest BCUT2D eigenvalue weighted by Crippen LogP contribution is -2.41. The molecular formula is C13H18N2. The number of anilines is 1. The number of hydrogen-bond acceptors (Lipinski definition) is 2. The highest BCUT2D eigenvalue weighted by Gasteiger charge is 2.22. The molecule has 0 saturated heterocycles. The van der Waals surface area contributed by atoms with E-state index in [4.69, 9.17) is 0 Å². The van der Waals surface area contributed by atoms with Crippen molar-refractivity contribution in [3.63, 3.8) is 0 Å². The quantitative estimate of drug-likeness (QED) is 0.785. The van der Waals surface area contributed by atoms with Crippen LogP contribution in [0.2, 0.25) is 0 Å². The summed E-state index contributed by atoms with van der Waals surface area (Å²) < 4.78 is 0. The predicted molar refractivity (Wildman–Crippen MR) is 63.2 cm³/mol. The van der Waals surface area contributed by atoms with Crippen molar-refractivity contribution in [2.75, 3.05) is 11.9 Å². The summed E-state index contributed by atoms with van der Waals surface area (Å²) in [5, 5.41) is 7.21. The minimum Gasteiger partial charge on any atom is -0.380 e. The molecule has 2 heteroatoms. The predicted octanol–water partition coefficient (Wildman–Crippen LogP) is 2.17. The molecule has 1 fully saturated rings. The van der Waals surface area contributed by atoms with Gasteiger partial charge in [0.05, 0.1) is 0 Å². The van der Waals surface area contributed by atoms with Gasteiger partial charge in [-0.3, -0.25) is 0 Å². The number of rotatable bonds is 3. The molecule has 1 atom stereocenters. The Morgan fingerprint density at radius 1 is 1.27 bits per heavy atom. The van der Waals surface area contributed by atoms with E-state index in [-0.39, 0.29) is 0 Å². The van der Waals surface area contributed by atoms with E-state index in [1.165, 1.54) is 36.9 Å². The first-order chi connectivity index (χ1) is 7.42. The normalized spacial score (nSPS) is 24.4. The maximum atomic E-state index is 3.63. The SMILES string of the molecule is c1ccc2c(c1)CC(CNC1CCC1)N2. The van der Waals surface area contributed by atoms with Crippen LogP contribution in [0.5, 0.6) is 0 Å². The third-order valence-corrected chi connectivity index (χ3v) is 3.60. The molecule has 1 aromatic rings. The molecule has 1 unspecified atom stereocenters. The number of benzene rings is 1. The lowest BCUT2D eigenvalue weighted by molar-refractivity contribution is 0.335. The van der Waals surface area contributed by atoms with Crippen LogP contribution in [-0.4, -0.2) is 18.6 Å². The van der Waals surface area contributed by atoms with Crippen molar-refractivity contribution in [3.05, 3.63) is 29.8 Å². The van der Waals surface area contributed by atoms with Crippen molar-refractivity contribution in [1.82, 2.24) is 5.32 Å². The Hall–Kier alpha value is -1.02. The molecule has 0 bridgehead atoms. The fourth-order valence-corrected chi connectivity index (χ4v) is 2.42. The zero-order valence-corrected chi connectivity index (χ0v) is 9.00. The average Bonchev–Trinajstić information content (AvgIpc) is 2.57. The molecule has 1 saturated carbocycles. The van der Waals surface area contributed by atoms with Crippen LogP contribution in [0.15, 0.2) is 24.3 Å². The lowest BCUT2D eigenvalue weighted by Gasteiger charge is -2.28. The number of hydrogen-bond donors (Lipinski definition) is 2. The summed E-state index contributed by atoms with van der Waals surface area (Å²) in [6.07, 6.45) is 5.34. The summed E-state index contributed by atoms with van der Waals surface area (Å²) in [6.45, 7) is 1.11. The Balaban J connectivity index is 1.54. The van der Waals surface area contributed by atoms with Crippen molar-refractivity contribution in [3.8, 4) is 0 Å². The lowest BCUT2D eigenvalue weighted by atomic mass is 9.93. The van der Waals surface area contributed by atoms with E-state index < -0.39 is 0 Å². The van der Waals surface area contributed by atoms with Crippen LogP contribution in [0.25, 0.3) is 0 Å². The molecule has 0 amide bonds. The molecule has 2 aliphatic rings. The maximum absolute atomic E-state index is 3.63. The van der Waals surface area contributed by atoms with Crippen LogP contribution < -0.4 is 10.6 Å². The third kappa shape index (κ3) is 1.86. The van der Waals surface area contributed by atoms with Crippen LogP contribution in [0.3, 0.4) is 0 Å². The van der Waals surface area contributed by atoms with Gasteiger partial charge in [-0.2, -0.15) is 0 Å². The van der Waals surface area contributed by atoms with Crippen molar-refractivity contribution in [2.45, 2.75) is 37.8 Å². The molecule has 2 N–H and O–H groups in total. The molecule has 2 nitrogen and oxygen atoms in total. The molecule has 1 heterocycles. The molecule has 3 rings (SSSR count). The van der Waals surface area contributed by atoms with Crippen molar-refractivity contribution in [2.24, 2.45) is 0 Å². The highest BCUT2D eigenvalue weighted by atomic mass is 15.0. The molecule has 1 aliphatic heterocycles. The Kier molecular flexibility index (Phi) is 2.37. The van der Waals surface area contributed by atoms with Crippen LogP contribution >= 0.6 is 0 Å². The fourth-order valence-electron chi connectivity index (χ4n) is 2.42. The van der Waals surface area contributed by atoms with Gasteiger partial charge in [0, 0.05) is 24.3 Å². The number of para-hydroxylation sites is 1. The van der Waals surface area contributed by atoms with E-state index in [1.807, 2.05) is 0 Å². The molecule has 1 aliphatic carbocycles. The summed E-state index contributed by atoms with van der Waals surface area (Å²) in [6, 6.07) is 10.0. The highest BCUT2D eigenvalue weighted by molar-refractivity contribution is 5.56. The van der Waals surface area contributed by atoms with E-state index in [0.717, 1.165) is 12.6 Å². The average molecular weight is 202 g/mol. The molecule has 0 spiro atoms. The second kappa shape index (κ2) is 3.86. The van der Waals surface area contributed by atoms with E-state index in [1.54, 1.807) is 0 Å². The minimum atomic E-state index is 0.600. The Labute approximate surface area is 91.1 Å². The van der Waals surface area contributed by atoms with Gasteiger partial charge in [-0.25, -0.2) is 0 Å². The zero-order chi connectivity index (χ0) is 10.1. The van der Waals surface area contributed by atoms with Gasteiger partial charge in [-0.15, -0.1) is 0 Å². The van der Waals surface area contributed by atoms with Crippen LogP contribution in [0.1, 0.15) is 24.8 Å². The minimum absolute atomic E-state index is 0.600. The largest absolute Gasteiger partial charge is 0.380 e. The van der Waals surface area contributed by atoms with Crippen molar-refractivity contribution in [1.29, 1.82) is 0 Å². The van der Waals surface area contributed by atoms with E-state index in [0.29, 0.717) is 6.04 Å². The first-order valence-electron chi connectivity index (χ1n) is 5.99. The topological polar surface area (TPSA) is 24.1 Å². The summed E-state index contributed by atoms with van der Waals surface area (Å²) in [5.74, 6) is 0. The summed E-state index contributed by atoms with van der Waals surface area (Å²) in [5.41, 5.74) is 2.80. The smallest absolute Gasteiger partial charge is 0.0427 e. The van der Waals surface area contributed by atoms with Crippen LogP contribution in [0.4, 0.5) is 5.69 Å². The first-order valence-corrected chi connectivity index (χ1v) is 5.99. The molecule has 0 radical (unpaired) electrons. The Bertz CT molecular complexity index is 319. The zero-order valence-electron chi connectivity index (χ0n) is 9.00. The Morgan fingerprint density at radius 2 is 2.13 bits per heavy atom. The highest BCUT2D eigenvalue weighted by Crippen LogP contribution is 2.25. The molecule has 1 aromatic carbocycles. The van der Waals surface area contributed by atoms with Gasteiger partial charge in [-0.1, -0.05) is 24.6 Å². The monoisotopic (exact) mass is 202 g/mol. The standard InChI is InChI=1S/C13H18N2/c1-2-7-13-10(4-1)8-12(15-13)9-14-11-5-3-6-11/h1-2,4,7,11-12,14-15H,3,5-6,8-9H2. The van der Waals surface area contributed by atoms with Gasteiger partial charge < -0.3 is 10.6 Å². The van der Waals surface area contributed by atoms with Gasteiger partial charge in [-0.05, 0) is 30.9 Å². The van der Waals surface area contributed by atoms with E-state index in [9.17, 15) is 0 Å². The molecule has 0 aromatic heterocycles. The van der Waals surface area contributed by atoms with Crippen molar-refractivity contribution >= 4 is 5.69 Å². The van der Waals surface area contributed by atoms with Gasteiger partial charge in [0.2, 0.25) is 0 Å². The third-order valence-electron chi connectivity index (χ3n) is 3.60.